The van der Waals surface area contributed by atoms with Crippen molar-refractivity contribution in [3.8, 4) is 0 Å². The third kappa shape index (κ3) is 13.9. The summed E-state index contributed by atoms with van der Waals surface area (Å²) < 4.78 is 15.3. The normalized spacial score (nSPS) is 33.7. The van der Waals surface area contributed by atoms with Gasteiger partial charge in [-0.1, -0.05) is 84.0 Å². The number of unbranched alkanes of at least 4 members (excludes halogenated alkanes) is 12. The standard InChI is InChI=1S/C16H32O2.C12H22O11/c1-2-3-4-5-6-7-8-9-10-11-12-13-14-15-16(17)18;13-1-3-5(15)6(16)9(19)12(22-3)23-10-4(2-14)21-11(20)8(18)7(10)17/h2-15H2,1H3,(H,17,18);3-20H,1-2H2/t;3-,4-,5+,6+,7-,8-,9-,10-,11-,12+/m.1/s1. The number of hydrogen-bond acceptors (Lipinski definition) is 12. The van der Waals surface area contributed by atoms with Gasteiger partial charge in [0, 0.05) is 6.42 Å². The SMILES string of the molecule is CCCCCCCCCCCCCCCC(=O)O.OC[C@H]1O[C@@H](O[C@H]2[C@H](O)[C@@H](O)[C@H](O)O[C@@H]2CO)[C@H](O)[C@@H](O)[C@H]1O. The molecule has 2 aliphatic rings. The first-order chi connectivity index (χ1) is 19.6. The monoisotopic (exact) mass is 598 g/mol. The van der Waals surface area contributed by atoms with E-state index in [1.54, 1.807) is 0 Å². The number of aliphatic hydroxyl groups excluding tert-OH is 8. The van der Waals surface area contributed by atoms with Crippen LogP contribution in [0.4, 0.5) is 0 Å². The van der Waals surface area contributed by atoms with Crippen LogP contribution < -0.4 is 0 Å². The minimum atomic E-state index is -1.74. The molecule has 13 nitrogen and oxygen atoms in total. The van der Waals surface area contributed by atoms with Crippen molar-refractivity contribution in [1.82, 2.24) is 0 Å². The molecule has 2 rings (SSSR count). The zero-order chi connectivity index (χ0) is 30.8. The second-order valence-corrected chi connectivity index (χ2v) is 10.9. The van der Waals surface area contributed by atoms with Crippen LogP contribution in [0.2, 0.25) is 0 Å². The fraction of sp³-hybridized carbons (Fsp3) is 0.964. The molecule has 244 valence electrons. The number of rotatable bonds is 18. The molecule has 0 amide bonds. The average Bonchev–Trinajstić information content (AvgIpc) is 2.95. The molecule has 0 unspecified atom stereocenters. The maximum Gasteiger partial charge on any atom is 0.303 e. The molecule has 2 aliphatic heterocycles. The summed E-state index contributed by atoms with van der Waals surface area (Å²) in [6.07, 6.45) is 1.70. The molecule has 0 aromatic carbocycles. The predicted molar refractivity (Wildman–Crippen MR) is 147 cm³/mol. The number of hydrogen-bond donors (Lipinski definition) is 9. The van der Waals surface area contributed by atoms with Gasteiger partial charge in [0.1, 0.15) is 48.8 Å². The number of carboxylic acid groups (broad SMARTS) is 1. The largest absolute Gasteiger partial charge is 0.481 e. The first-order valence-electron chi connectivity index (χ1n) is 15.1. The number of aliphatic carboxylic acids is 1. The first kappa shape index (κ1) is 38.1. The lowest BCUT2D eigenvalue weighted by Gasteiger charge is -2.45. The predicted octanol–water partition coefficient (Wildman–Crippen LogP) is 0.155. The Morgan fingerprint density at radius 3 is 1.56 bits per heavy atom. The van der Waals surface area contributed by atoms with Crippen molar-refractivity contribution in [2.75, 3.05) is 13.2 Å². The van der Waals surface area contributed by atoms with Crippen LogP contribution in [0.1, 0.15) is 96.8 Å². The number of carbonyl (C=O) groups is 1. The molecule has 13 heteroatoms. The highest BCUT2D eigenvalue weighted by molar-refractivity contribution is 5.66. The summed E-state index contributed by atoms with van der Waals surface area (Å²) in [5, 5.41) is 85.0. The third-order valence-electron chi connectivity index (χ3n) is 7.47. The smallest absolute Gasteiger partial charge is 0.303 e. The number of aliphatic hydroxyl groups is 8. The molecular formula is C28H54O13. The Bertz CT molecular complexity index is 665. The Morgan fingerprint density at radius 1 is 0.610 bits per heavy atom. The second-order valence-electron chi connectivity index (χ2n) is 10.9. The van der Waals surface area contributed by atoms with Crippen molar-refractivity contribution in [3.05, 3.63) is 0 Å². The van der Waals surface area contributed by atoms with Crippen LogP contribution in [0.15, 0.2) is 0 Å². The lowest BCUT2D eigenvalue weighted by atomic mass is 9.97. The van der Waals surface area contributed by atoms with E-state index >= 15 is 0 Å². The van der Waals surface area contributed by atoms with Crippen LogP contribution in [-0.4, -0.2) is 127 Å². The fourth-order valence-corrected chi connectivity index (χ4v) is 4.86. The fourth-order valence-electron chi connectivity index (χ4n) is 4.86. The molecule has 9 N–H and O–H groups in total. The number of ether oxygens (including phenoxy) is 3. The van der Waals surface area contributed by atoms with Crippen LogP contribution >= 0.6 is 0 Å². The van der Waals surface area contributed by atoms with Gasteiger partial charge >= 0.3 is 5.97 Å². The molecule has 2 heterocycles. The van der Waals surface area contributed by atoms with Gasteiger partial charge in [-0.25, -0.2) is 0 Å². The Kier molecular flexibility index (Phi) is 20.1. The van der Waals surface area contributed by atoms with Crippen LogP contribution in [-0.2, 0) is 19.0 Å². The van der Waals surface area contributed by atoms with Gasteiger partial charge < -0.3 is 60.2 Å². The minimum absolute atomic E-state index is 0.345. The van der Waals surface area contributed by atoms with Gasteiger partial charge in [0.05, 0.1) is 13.2 Å². The zero-order valence-electron chi connectivity index (χ0n) is 24.2. The van der Waals surface area contributed by atoms with E-state index in [1.807, 2.05) is 0 Å². The number of carboxylic acids is 1. The summed E-state index contributed by atoms with van der Waals surface area (Å²) in [6.45, 7) is 0.915. The summed E-state index contributed by atoms with van der Waals surface area (Å²) in [5.41, 5.74) is 0. The van der Waals surface area contributed by atoms with E-state index in [0.29, 0.717) is 6.42 Å². The van der Waals surface area contributed by atoms with Crippen molar-refractivity contribution in [2.24, 2.45) is 0 Å². The molecular weight excluding hydrogens is 544 g/mol. The van der Waals surface area contributed by atoms with Crippen molar-refractivity contribution in [3.63, 3.8) is 0 Å². The molecule has 0 bridgehead atoms. The topological polar surface area (TPSA) is 227 Å². The summed E-state index contributed by atoms with van der Waals surface area (Å²) in [5.74, 6) is -0.655. The lowest BCUT2D eigenvalue weighted by molar-refractivity contribution is -0.355. The highest BCUT2D eigenvalue weighted by Crippen LogP contribution is 2.28. The van der Waals surface area contributed by atoms with Crippen molar-refractivity contribution >= 4 is 5.97 Å². The van der Waals surface area contributed by atoms with E-state index < -0.39 is 80.6 Å². The van der Waals surface area contributed by atoms with Gasteiger partial charge in [-0.05, 0) is 6.42 Å². The molecule has 0 aromatic rings. The Hall–Kier alpha value is -0.970. The Labute approximate surface area is 242 Å². The van der Waals surface area contributed by atoms with Crippen LogP contribution in [0.3, 0.4) is 0 Å². The lowest BCUT2D eigenvalue weighted by Crippen LogP contribution is -2.64. The maximum absolute atomic E-state index is 10.3. The van der Waals surface area contributed by atoms with Gasteiger partial charge in [0.2, 0.25) is 0 Å². The second kappa shape index (κ2) is 21.7. The zero-order valence-corrected chi connectivity index (χ0v) is 24.2. The molecule has 2 saturated heterocycles. The molecule has 0 saturated carbocycles. The highest BCUT2D eigenvalue weighted by atomic mass is 16.7. The third-order valence-corrected chi connectivity index (χ3v) is 7.47. The van der Waals surface area contributed by atoms with Gasteiger partial charge in [-0.3, -0.25) is 4.79 Å². The van der Waals surface area contributed by atoms with E-state index in [0.717, 1.165) is 12.8 Å². The molecule has 0 aliphatic carbocycles. The van der Waals surface area contributed by atoms with E-state index in [4.69, 9.17) is 24.4 Å². The van der Waals surface area contributed by atoms with Crippen molar-refractivity contribution in [2.45, 2.75) is 158 Å². The highest BCUT2D eigenvalue weighted by Gasteiger charge is 2.50. The van der Waals surface area contributed by atoms with E-state index in [2.05, 4.69) is 6.92 Å². The van der Waals surface area contributed by atoms with Crippen LogP contribution in [0.5, 0.6) is 0 Å². The summed E-state index contributed by atoms with van der Waals surface area (Å²) in [7, 11) is 0. The Balaban J connectivity index is 0.000000425. The van der Waals surface area contributed by atoms with Gasteiger partial charge in [0.15, 0.2) is 12.6 Å². The minimum Gasteiger partial charge on any atom is -0.481 e. The van der Waals surface area contributed by atoms with Crippen LogP contribution in [0.25, 0.3) is 0 Å². The van der Waals surface area contributed by atoms with E-state index in [9.17, 15) is 40.5 Å². The summed E-state index contributed by atoms with van der Waals surface area (Å²) >= 11 is 0. The average molecular weight is 599 g/mol. The summed E-state index contributed by atoms with van der Waals surface area (Å²) in [4.78, 5) is 10.3. The van der Waals surface area contributed by atoms with Crippen molar-refractivity contribution in [1.29, 1.82) is 0 Å². The van der Waals surface area contributed by atoms with Crippen molar-refractivity contribution < 1.29 is 65.0 Å². The Morgan fingerprint density at radius 2 is 1.10 bits per heavy atom. The molecule has 0 spiro atoms. The first-order valence-corrected chi connectivity index (χ1v) is 15.1. The van der Waals surface area contributed by atoms with Gasteiger partial charge in [0.25, 0.3) is 0 Å². The van der Waals surface area contributed by atoms with Crippen LogP contribution in [0, 0.1) is 0 Å². The van der Waals surface area contributed by atoms with Gasteiger partial charge in [-0.2, -0.15) is 0 Å². The molecule has 0 radical (unpaired) electrons. The molecule has 0 aromatic heterocycles. The maximum atomic E-state index is 10.3. The molecule has 2 fully saturated rings. The molecule has 41 heavy (non-hydrogen) atoms. The summed E-state index contributed by atoms with van der Waals surface area (Å²) in [6, 6.07) is 0. The van der Waals surface area contributed by atoms with Gasteiger partial charge in [-0.15, -0.1) is 0 Å². The quantitative estimate of drug-likeness (QED) is 0.0959. The van der Waals surface area contributed by atoms with E-state index in [1.165, 1.54) is 70.6 Å². The van der Waals surface area contributed by atoms with E-state index in [-0.39, 0.29) is 0 Å². The molecule has 10 atom stereocenters.